The lowest BCUT2D eigenvalue weighted by Gasteiger charge is -2.41. The molecule has 0 aromatic rings. The molecule has 13 atom stereocenters. The van der Waals surface area contributed by atoms with Crippen LogP contribution in [0.4, 0.5) is 0 Å². The summed E-state index contributed by atoms with van der Waals surface area (Å²) in [4.78, 5) is 175. The summed E-state index contributed by atoms with van der Waals surface area (Å²) in [5, 5.41) is 23.5. The highest BCUT2D eigenvalue weighted by atomic mass is 32.2. The van der Waals surface area contributed by atoms with Crippen LogP contribution in [0.1, 0.15) is 156 Å². The number of hydrogen-bond donors (Lipinski definition) is 5. The van der Waals surface area contributed by atoms with Gasteiger partial charge in [0, 0.05) is 80.9 Å². The number of ether oxygens (including phenoxy) is 1. The number of thioether (sulfide) groups is 1. The van der Waals surface area contributed by atoms with E-state index in [1.807, 2.05) is 66.6 Å². The highest BCUT2D eigenvalue weighted by Gasteiger charge is 2.47. The van der Waals surface area contributed by atoms with Crippen molar-refractivity contribution in [1.29, 1.82) is 0 Å². The van der Waals surface area contributed by atoms with E-state index in [4.69, 9.17) is 4.74 Å². The number of likely N-dealkylation sites (N-methyl/N-ethyl adjacent to an activating group) is 7. The highest BCUT2D eigenvalue weighted by molar-refractivity contribution is 7.99. The maximum absolute atomic E-state index is 15.4. The standard InChI is InChI=1S/C68H124N12O13S/c1-28-30-31-44(13)56(81)55-60(85)71-47(29-2)62(87)78(24)52(38-94-33-32-73(18)19)65(90)77(23)51(37-68(16,17)93-27)59(84)72-53(42(9)10)66(91)74(20)48(34-39(3)4)58(83)69-45(14)57(82)70-46(15)61(86)75(21)49(35-40(5)6)63(88)76(22)50(36-41(7)8)64(89)79(25)54(43(11)12)67(92)80(55)26/h28,30,39-56,81H,29,31-38H2,1-27H3,(H,69,83)(H,70,82)(H,71,85)(H,72,84)/b30-28+/t44-,45+,46-,47+,48+,49+,50+,51+,52-,53+,54+,55+,56-/m1/s1. The zero-order chi connectivity index (χ0) is 72.9. The Morgan fingerprint density at radius 2 is 0.968 bits per heavy atom. The number of aliphatic hydroxyl groups is 1. The van der Waals surface area contributed by atoms with Crippen LogP contribution >= 0.6 is 11.8 Å². The lowest BCUT2D eigenvalue weighted by Crippen LogP contribution is -2.64. The molecule has 0 aromatic heterocycles. The topological polar surface area (TPSA) is 291 Å². The average Bonchev–Trinajstić information content (AvgIpc) is 0.809. The van der Waals surface area contributed by atoms with Crippen LogP contribution in [-0.4, -0.2) is 276 Å². The molecule has 0 spiro atoms. The van der Waals surface area contributed by atoms with Gasteiger partial charge in [0.25, 0.3) is 0 Å². The molecule has 5 N–H and O–H groups in total. The van der Waals surface area contributed by atoms with Crippen molar-refractivity contribution in [2.45, 2.75) is 234 Å². The first-order chi connectivity index (χ1) is 43.4. The first-order valence-electron chi connectivity index (χ1n) is 33.5. The first-order valence-corrected chi connectivity index (χ1v) is 34.7. The van der Waals surface area contributed by atoms with E-state index < -0.39 is 161 Å². The predicted molar refractivity (Wildman–Crippen MR) is 369 cm³/mol. The van der Waals surface area contributed by atoms with Gasteiger partial charge in [0.2, 0.25) is 65.0 Å². The smallest absolute Gasteiger partial charge is 0.246 e. The van der Waals surface area contributed by atoms with Crippen molar-refractivity contribution >= 4 is 76.7 Å². The van der Waals surface area contributed by atoms with Gasteiger partial charge in [-0.05, 0) is 116 Å². The molecule has 26 heteroatoms. The molecule has 0 unspecified atom stereocenters. The number of nitrogens with zero attached hydrogens (tertiary/aromatic N) is 8. The molecule has 0 saturated carbocycles. The van der Waals surface area contributed by atoms with Crippen LogP contribution < -0.4 is 21.3 Å². The monoisotopic (exact) mass is 1350 g/mol. The maximum Gasteiger partial charge on any atom is 0.246 e. The van der Waals surface area contributed by atoms with E-state index in [0.29, 0.717) is 18.7 Å². The summed E-state index contributed by atoms with van der Waals surface area (Å²) in [6, 6.07) is -14.1. The fraction of sp³-hybridized carbons (Fsp3) is 0.809. The molecule has 0 aliphatic carbocycles. The Morgan fingerprint density at radius 1 is 0.532 bits per heavy atom. The second-order valence-corrected chi connectivity index (χ2v) is 29.9. The van der Waals surface area contributed by atoms with Crippen LogP contribution in [0.5, 0.6) is 0 Å². The fourth-order valence-electron chi connectivity index (χ4n) is 11.5. The number of amides is 11. The SMILES string of the molecule is C/C=C/C[C@@H](C)[C@@H](O)[C@H]1C(=O)N[C@@H](CC)C(=O)N(C)[C@H](CSCCN(C)C)C(=O)N(C)[C@@H](CC(C)(C)OC)C(=O)N[C@@H](C(C)C)C(=O)N(C)[C@@H](CC(C)C)C(=O)N[C@@H](C)C(=O)N[C@H](C)C(=O)N(C)[C@@H](CC(C)C)C(=O)N(C)[C@@H](CC(C)C)C(=O)N(C)[C@@H](C(C)C)C(=O)N1C. The third-order valence-electron chi connectivity index (χ3n) is 17.9. The van der Waals surface area contributed by atoms with Crippen molar-refractivity contribution in [3.63, 3.8) is 0 Å². The molecule has 1 heterocycles. The molecule has 0 radical (unpaired) electrons. The lowest BCUT2D eigenvalue weighted by atomic mass is 9.91. The number of aliphatic hydroxyl groups excluding tert-OH is 1. The Kier molecular flexibility index (Phi) is 36.1. The minimum atomic E-state index is -1.65. The van der Waals surface area contributed by atoms with Gasteiger partial charge in [0.05, 0.1) is 11.7 Å². The Hall–Kier alpha value is -5.86. The molecule has 1 rings (SSSR count). The second-order valence-electron chi connectivity index (χ2n) is 28.7. The lowest BCUT2D eigenvalue weighted by molar-refractivity contribution is -0.157. The number of methoxy groups -OCH3 is 1. The molecular weight excluding hydrogens is 1220 g/mol. The van der Waals surface area contributed by atoms with Crippen molar-refractivity contribution in [2.75, 3.05) is 88.6 Å². The molecule has 1 fully saturated rings. The molecule has 0 aromatic carbocycles. The first kappa shape index (κ1) is 86.2. The number of carbonyl (C=O) groups is 11. The Bertz CT molecular complexity index is 2570. The number of carbonyl (C=O) groups excluding carboxylic acids is 11. The number of allylic oxidation sites excluding steroid dienone is 2. The Labute approximate surface area is 568 Å². The maximum atomic E-state index is 15.4. The summed E-state index contributed by atoms with van der Waals surface area (Å²) in [6.45, 7) is 30.3. The summed E-state index contributed by atoms with van der Waals surface area (Å²) in [5.41, 5.74) is -1.04. The molecule has 25 nitrogen and oxygen atoms in total. The molecule has 94 heavy (non-hydrogen) atoms. The summed E-state index contributed by atoms with van der Waals surface area (Å²) in [5.74, 6) is -9.34. The van der Waals surface area contributed by atoms with Crippen molar-refractivity contribution < 1.29 is 62.6 Å². The van der Waals surface area contributed by atoms with Crippen LogP contribution in [0.2, 0.25) is 0 Å². The van der Waals surface area contributed by atoms with Crippen molar-refractivity contribution in [2.24, 2.45) is 35.5 Å². The molecule has 1 aliphatic rings. The minimum absolute atomic E-state index is 0.00970. The average molecular weight is 1350 g/mol. The fourth-order valence-corrected chi connectivity index (χ4v) is 12.7. The predicted octanol–water partition coefficient (Wildman–Crippen LogP) is 3.70. The van der Waals surface area contributed by atoms with Gasteiger partial charge < -0.3 is 70.3 Å². The van der Waals surface area contributed by atoms with Gasteiger partial charge in [-0.2, -0.15) is 11.8 Å². The molecule has 1 saturated heterocycles. The normalized spacial score (nSPS) is 26.5. The Balaban J connectivity index is 4.59. The van der Waals surface area contributed by atoms with Crippen molar-refractivity contribution in [3.05, 3.63) is 12.2 Å². The van der Waals surface area contributed by atoms with Gasteiger partial charge >= 0.3 is 0 Å². The van der Waals surface area contributed by atoms with E-state index >= 15 is 33.6 Å². The summed E-state index contributed by atoms with van der Waals surface area (Å²) in [6.07, 6.45) is 2.68. The van der Waals surface area contributed by atoms with E-state index in [0.717, 1.165) is 4.90 Å². The van der Waals surface area contributed by atoms with Gasteiger partial charge in [-0.25, -0.2) is 0 Å². The summed E-state index contributed by atoms with van der Waals surface area (Å²) in [7, 11) is 15.3. The molecule has 0 bridgehead atoms. The van der Waals surface area contributed by atoms with Crippen LogP contribution in [0.15, 0.2) is 12.2 Å². The van der Waals surface area contributed by atoms with Crippen LogP contribution in [0, 0.1) is 35.5 Å². The van der Waals surface area contributed by atoms with E-state index in [1.165, 1.54) is 111 Å². The third kappa shape index (κ3) is 24.7. The van der Waals surface area contributed by atoms with Crippen LogP contribution in [0.3, 0.4) is 0 Å². The number of rotatable bonds is 21. The largest absolute Gasteiger partial charge is 0.390 e. The molecule has 1 aliphatic heterocycles. The quantitative estimate of drug-likeness (QED) is 0.0809. The van der Waals surface area contributed by atoms with Crippen LogP contribution in [0.25, 0.3) is 0 Å². The summed E-state index contributed by atoms with van der Waals surface area (Å²) >= 11 is 1.39. The van der Waals surface area contributed by atoms with Gasteiger partial charge in [0.15, 0.2) is 0 Å². The zero-order valence-corrected chi connectivity index (χ0v) is 63.1. The molecular formula is C68H124N12O13S. The van der Waals surface area contributed by atoms with E-state index in [2.05, 4.69) is 21.3 Å². The zero-order valence-electron chi connectivity index (χ0n) is 62.2. The Morgan fingerprint density at radius 3 is 1.44 bits per heavy atom. The molecule has 540 valence electrons. The van der Waals surface area contributed by atoms with E-state index in [9.17, 15) is 24.3 Å². The van der Waals surface area contributed by atoms with Crippen molar-refractivity contribution in [3.8, 4) is 0 Å². The number of nitrogens with one attached hydrogen (secondary N) is 4. The second kappa shape index (κ2) is 39.4. The van der Waals surface area contributed by atoms with Crippen molar-refractivity contribution in [1.82, 2.24) is 60.5 Å². The summed E-state index contributed by atoms with van der Waals surface area (Å²) < 4.78 is 5.83. The number of hydrogen-bond acceptors (Lipinski definition) is 15. The van der Waals surface area contributed by atoms with Crippen LogP contribution in [-0.2, 0) is 57.5 Å². The molecule has 11 amide bonds. The van der Waals surface area contributed by atoms with Gasteiger partial charge in [0.1, 0.15) is 66.5 Å². The minimum Gasteiger partial charge on any atom is -0.390 e. The van der Waals surface area contributed by atoms with E-state index in [-0.39, 0.29) is 55.6 Å². The van der Waals surface area contributed by atoms with Gasteiger partial charge in [-0.1, -0.05) is 95.2 Å². The highest BCUT2D eigenvalue weighted by Crippen LogP contribution is 2.27. The van der Waals surface area contributed by atoms with E-state index in [1.54, 1.807) is 68.4 Å². The van der Waals surface area contributed by atoms with Gasteiger partial charge in [-0.3, -0.25) is 52.7 Å². The third-order valence-corrected chi connectivity index (χ3v) is 18.9. The van der Waals surface area contributed by atoms with Gasteiger partial charge in [-0.15, -0.1) is 0 Å².